The number of piperidine rings is 1. The maximum Gasteiger partial charge on any atom is 0.172 e. The van der Waals surface area contributed by atoms with E-state index >= 15 is 0 Å². The average Bonchev–Trinajstić information content (AvgIpc) is 3.23. The van der Waals surface area contributed by atoms with Crippen molar-refractivity contribution in [1.82, 2.24) is 14.6 Å². The van der Waals surface area contributed by atoms with Crippen LogP contribution in [0.1, 0.15) is 35.7 Å². The van der Waals surface area contributed by atoms with Crippen LogP contribution in [0, 0.1) is 11.7 Å². The third-order valence-corrected chi connectivity index (χ3v) is 6.96. The van der Waals surface area contributed by atoms with Crippen molar-refractivity contribution >= 4 is 40.5 Å². The van der Waals surface area contributed by atoms with Crippen LogP contribution in [0.3, 0.4) is 0 Å². The molecule has 5 nitrogen and oxygen atoms in total. The smallest absolute Gasteiger partial charge is 0.172 e. The van der Waals surface area contributed by atoms with Crippen molar-refractivity contribution in [2.45, 2.75) is 26.2 Å². The third kappa shape index (κ3) is 4.28. The Morgan fingerprint density at radius 2 is 1.85 bits per heavy atom. The van der Waals surface area contributed by atoms with Crippen LogP contribution in [-0.2, 0) is 6.42 Å². The molecule has 2 aromatic carbocycles. The van der Waals surface area contributed by atoms with Gasteiger partial charge in [-0.3, -0.25) is 4.79 Å². The zero-order chi connectivity index (χ0) is 23.8. The Morgan fingerprint density at radius 1 is 1.12 bits per heavy atom. The van der Waals surface area contributed by atoms with Gasteiger partial charge in [0.25, 0.3) is 0 Å². The SMILES string of the molecule is CC1CCN(c2c(-c3ccc(F)cc3Cl)c(Cl)nc3c(C(=O)Cc4ccccc4)cnn23)CC1. The first-order valence-corrected chi connectivity index (χ1v) is 12.0. The zero-order valence-electron chi connectivity index (χ0n) is 18.6. The van der Waals surface area contributed by atoms with Crippen LogP contribution in [0.25, 0.3) is 16.8 Å². The second-order valence-corrected chi connectivity index (χ2v) is 9.54. The van der Waals surface area contributed by atoms with Crippen LogP contribution < -0.4 is 4.90 Å². The number of carbonyl (C=O) groups is 1. The van der Waals surface area contributed by atoms with Crippen molar-refractivity contribution in [2.24, 2.45) is 5.92 Å². The lowest BCUT2D eigenvalue weighted by atomic mass is 9.98. The van der Waals surface area contributed by atoms with Crippen molar-refractivity contribution in [2.75, 3.05) is 18.0 Å². The summed E-state index contributed by atoms with van der Waals surface area (Å²) in [5, 5.41) is 5.00. The Balaban J connectivity index is 1.67. The Morgan fingerprint density at radius 3 is 2.56 bits per heavy atom. The first kappa shape index (κ1) is 22.8. The maximum absolute atomic E-state index is 13.8. The fraction of sp³-hybridized carbons (Fsp3) is 0.269. The summed E-state index contributed by atoms with van der Waals surface area (Å²) in [6, 6.07) is 13.8. The second-order valence-electron chi connectivity index (χ2n) is 8.77. The molecule has 0 spiro atoms. The summed E-state index contributed by atoms with van der Waals surface area (Å²) < 4.78 is 15.5. The normalized spacial score (nSPS) is 14.6. The number of nitrogens with zero attached hydrogens (tertiary/aromatic N) is 4. The number of hydrogen-bond acceptors (Lipinski definition) is 4. The maximum atomic E-state index is 13.8. The standard InChI is InChI=1S/C26H23Cl2FN4O/c1-16-9-11-32(12-10-16)26-23(19-8-7-18(29)14-21(19)27)24(28)31-25-20(15-30-33(25)26)22(34)13-17-5-3-2-4-6-17/h2-8,14-16H,9-13H2,1H3. The fourth-order valence-corrected chi connectivity index (χ4v) is 4.99. The molecule has 5 rings (SSSR count). The molecule has 0 amide bonds. The molecular formula is C26H23Cl2FN4O. The van der Waals surface area contributed by atoms with Crippen molar-refractivity contribution in [1.29, 1.82) is 0 Å². The van der Waals surface area contributed by atoms with Crippen LogP contribution in [0.15, 0.2) is 54.7 Å². The number of fused-ring (bicyclic) bond motifs is 1. The quantitative estimate of drug-likeness (QED) is 0.233. The summed E-state index contributed by atoms with van der Waals surface area (Å²) in [5.41, 5.74) is 2.89. The number of aromatic nitrogens is 3. The van der Waals surface area contributed by atoms with Gasteiger partial charge in [0.15, 0.2) is 11.4 Å². The van der Waals surface area contributed by atoms with E-state index in [0.29, 0.717) is 34.1 Å². The lowest BCUT2D eigenvalue weighted by Crippen LogP contribution is -2.35. The van der Waals surface area contributed by atoms with Gasteiger partial charge in [-0.2, -0.15) is 9.61 Å². The molecule has 0 N–H and O–H groups in total. The molecule has 174 valence electrons. The third-order valence-electron chi connectivity index (χ3n) is 6.37. The topological polar surface area (TPSA) is 50.5 Å². The van der Waals surface area contributed by atoms with Crippen LogP contribution >= 0.6 is 23.2 Å². The molecule has 8 heteroatoms. The van der Waals surface area contributed by atoms with Gasteiger partial charge in [-0.05, 0) is 42.5 Å². The molecule has 0 unspecified atom stereocenters. The molecule has 1 fully saturated rings. The van der Waals surface area contributed by atoms with E-state index in [1.807, 2.05) is 30.3 Å². The van der Waals surface area contributed by atoms with Crippen molar-refractivity contribution in [3.8, 4) is 11.1 Å². The van der Waals surface area contributed by atoms with E-state index in [0.717, 1.165) is 31.5 Å². The van der Waals surface area contributed by atoms with Crippen molar-refractivity contribution < 1.29 is 9.18 Å². The van der Waals surface area contributed by atoms with Crippen LogP contribution in [0.4, 0.5) is 10.2 Å². The minimum atomic E-state index is -0.430. The highest BCUT2D eigenvalue weighted by Crippen LogP contribution is 2.41. The first-order chi connectivity index (χ1) is 16.4. The van der Waals surface area contributed by atoms with Gasteiger partial charge in [-0.25, -0.2) is 9.37 Å². The van der Waals surface area contributed by atoms with E-state index in [-0.39, 0.29) is 22.4 Å². The largest absolute Gasteiger partial charge is 0.356 e. The highest BCUT2D eigenvalue weighted by atomic mass is 35.5. The van der Waals surface area contributed by atoms with Crippen LogP contribution in [0.5, 0.6) is 0 Å². The summed E-state index contributed by atoms with van der Waals surface area (Å²) in [7, 11) is 0. The van der Waals surface area contributed by atoms with E-state index in [1.165, 1.54) is 12.1 Å². The molecule has 1 aliphatic rings. The zero-order valence-corrected chi connectivity index (χ0v) is 20.2. The number of anilines is 1. The molecule has 0 saturated carbocycles. The Bertz CT molecular complexity index is 1360. The van der Waals surface area contributed by atoms with E-state index in [2.05, 4.69) is 21.9 Å². The molecule has 3 heterocycles. The molecule has 0 atom stereocenters. The predicted octanol–water partition coefficient (Wildman–Crippen LogP) is 6.50. The number of Topliss-reactive ketones (excluding diaryl/α,β-unsaturated/α-hetero) is 1. The number of rotatable bonds is 5. The Labute approximate surface area is 207 Å². The van der Waals surface area contributed by atoms with Gasteiger partial charge in [0, 0.05) is 25.1 Å². The van der Waals surface area contributed by atoms with Gasteiger partial charge in [-0.1, -0.05) is 60.5 Å². The molecule has 0 aliphatic carbocycles. The van der Waals surface area contributed by atoms with E-state index in [1.54, 1.807) is 16.8 Å². The highest BCUT2D eigenvalue weighted by Gasteiger charge is 2.28. The fourth-order valence-electron chi connectivity index (χ4n) is 4.46. The van der Waals surface area contributed by atoms with Gasteiger partial charge in [0.05, 0.1) is 22.3 Å². The second kappa shape index (κ2) is 9.35. The monoisotopic (exact) mass is 496 g/mol. The Hall–Kier alpha value is -2.96. The van der Waals surface area contributed by atoms with Gasteiger partial charge < -0.3 is 4.90 Å². The molecule has 0 bridgehead atoms. The number of benzene rings is 2. The lowest BCUT2D eigenvalue weighted by molar-refractivity contribution is 0.0994. The number of halogens is 3. The van der Waals surface area contributed by atoms with Crippen molar-refractivity contribution in [3.63, 3.8) is 0 Å². The Kier molecular flexibility index (Phi) is 6.28. The molecule has 4 aromatic rings. The summed E-state index contributed by atoms with van der Waals surface area (Å²) >= 11 is 13.2. The van der Waals surface area contributed by atoms with Gasteiger partial charge in [0.1, 0.15) is 16.8 Å². The number of carbonyl (C=O) groups excluding carboxylic acids is 1. The minimum Gasteiger partial charge on any atom is -0.356 e. The van der Waals surface area contributed by atoms with Crippen molar-refractivity contribution in [3.05, 3.63) is 81.8 Å². The highest BCUT2D eigenvalue weighted by molar-refractivity contribution is 6.36. The van der Waals surface area contributed by atoms with E-state index < -0.39 is 5.82 Å². The van der Waals surface area contributed by atoms with E-state index in [4.69, 9.17) is 23.2 Å². The summed E-state index contributed by atoms with van der Waals surface area (Å²) in [5.74, 6) is 0.812. The first-order valence-electron chi connectivity index (χ1n) is 11.3. The summed E-state index contributed by atoms with van der Waals surface area (Å²) in [4.78, 5) is 19.9. The molecule has 2 aromatic heterocycles. The molecule has 34 heavy (non-hydrogen) atoms. The van der Waals surface area contributed by atoms with Crippen LogP contribution in [-0.4, -0.2) is 33.5 Å². The molecule has 0 radical (unpaired) electrons. The molecule has 1 saturated heterocycles. The lowest BCUT2D eigenvalue weighted by Gasteiger charge is -2.33. The average molecular weight is 497 g/mol. The van der Waals surface area contributed by atoms with Gasteiger partial charge in [-0.15, -0.1) is 0 Å². The van der Waals surface area contributed by atoms with E-state index in [9.17, 15) is 9.18 Å². The summed E-state index contributed by atoms with van der Waals surface area (Å²) in [6.45, 7) is 3.84. The van der Waals surface area contributed by atoms with Gasteiger partial charge in [0.2, 0.25) is 0 Å². The van der Waals surface area contributed by atoms with Gasteiger partial charge >= 0.3 is 0 Å². The predicted molar refractivity (Wildman–Crippen MR) is 133 cm³/mol. The van der Waals surface area contributed by atoms with Crippen LogP contribution in [0.2, 0.25) is 10.2 Å². The minimum absolute atomic E-state index is 0.0875. The molecular weight excluding hydrogens is 474 g/mol. The number of ketones is 1. The number of hydrogen-bond donors (Lipinski definition) is 0. The molecule has 1 aliphatic heterocycles. The summed E-state index contributed by atoms with van der Waals surface area (Å²) in [6.07, 6.45) is 3.82.